The Kier molecular flexibility index (Phi) is 3.98. The van der Waals surface area contributed by atoms with E-state index in [9.17, 15) is 0 Å². The van der Waals surface area contributed by atoms with Gasteiger partial charge in [0.2, 0.25) is 0 Å². The molecule has 3 heteroatoms. The number of hydrogen-bond donors (Lipinski definition) is 2. The Morgan fingerprint density at radius 2 is 1.86 bits per heavy atom. The molecule has 0 radical (unpaired) electrons. The molecule has 0 heterocycles. The van der Waals surface area contributed by atoms with Crippen molar-refractivity contribution in [1.29, 1.82) is 0 Å². The first-order valence-corrected chi connectivity index (χ1v) is 5.81. The van der Waals surface area contributed by atoms with Gasteiger partial charge in [0.05, 0.1) is 5.54 Å². The molecule has 0 saturated heterocycles. The zero-order chi connectivity index (χ0) is 10.6. The summed E-state index contributed by atoms with van der Waals surface area (Å²) in [5.41, 5.74) is 12.3. The zero-order valence-electron chi connectivity index (χ0n) is 8.79. The second kappa shape index (κ2) is 4.82. The van der Waals surface area contributed by atoms with Crippen LogP contribution in [0.1, 0.15) is 19.4 Å². The van der Waals surface area contributed by atoms with Gasteiger partial charge in [-0.15, -0.1) is 11.8 Å². The minimum atomic E-state index is -0.407. The minimum Gasteiger partial charge on any atom is -0.328 e. The first-order chi connectivity index (χ1) is 6.60. The monoisotopic (exact) mass is 210 g/mol. The molecule has 14 heavy (non-hydrogen) atoms. The average Bonchev–Trinajstić information content (AvgIpc) is 2.19. The van der Waals surface area contributed by atoms with Crippen LogP contribution in [0.15, 0.2) is 29.2 Å². The zero-order valence-corrected chi connectivity index (χ0v) is 9.60. The molecule has 1 aromatic rings. The Bertz CT molecular complexity index is 280. The molecule has 2 nitrogen and oxygen atoms in total. The van der Waals surface area contributed by atoms with Crippen LogP contribution in [-0.2, 0) is 5.54 Å². The largest absolute Gasteiger partial charge is 0.328 e. The van der Waals surface area contributed by atoms with E-state index in [2.05, 4.69) is 31.2 Å². The molecule has 0 fully saturated rings. The summed E-state index contributed by atoms with van der Waals surface area (Å²) in [5, 5.41) is 0. The fourth-order valence-corrected chi connectivity index (χ4v) is 1.88. The van der Waals surface area contributed by atoms with Gasteiger partial charge in [0.1, 0.15) is 0 Å². The third kappa shape index (κ3) is 2.74. The van der Waals surface area contributed by atoms with E-state index in [1.807, 2.05) is 18.7 Å². The van der Waals surface area contributed by atoms with Crippen LogP contribution in [-0.4, -0.2) is 12.3 Å². The lowest BCUT2D eigenvalue weighted by Crippen LogP contribution is -2.40. The minimum absolute atomic E-state index is 0.407. The van der Waals surface area contributed by atoms with Gasteiger partial charge in [-0.05, 0) is 30.4 Å². The van der Waals surface area contributed by atoms with E-state index in [-0.39, 0.29) is 0 Å². The normalized spacial score (nSPS) is 15.1. The summed E-state index contributed by atoms with van der Waals surface area (Å²) >= 11 is 1.83. The van der Waals surface area contributed by atoms with Crippen LogP contribution in [0.25, 0.3) is 0 Å². The number of rotatable bonds is 4. The maximum Gasteiger partial charge on any atom is 0.0505 e. The van der Waals surface area contributed by atoms with Gasteiger partial charge in [-0.1, -0.05) is 19.1 Å². The standard InChI is InChI=1S/C11H18N2S/c1-3-14-10-6-4-9(5-7-10)11(2,13)8-12/h4-7H,3,8,12-13H2,1-2H3. The van der Waals surface area contributed by atoms with Gasteiger partial charge in [-0.25, -0.2) is 0 Å². The smallest absolute Gasteiger partial charge is 0.0505 e. The Balaban J connectivity index is 2.82. The fraction of sp³-hybridized carbons (Fsp3) is 0.455. The molecule has 1 rings (SSSR count). The predicted octanol–water partition coefficient (Wildman–Crippen LogP) is 1.93. The number of hydrogen-bond acceptors (Lipinski definition) is 3. The lowest BCUT2D eigenvalue weighted by Gasteiger charge is -2.23. The lowest BCUT2D eigenvalue weighted by atomic mass is 9.94. The molecule has 0 aromatic heterocycles. The molecular formula is C11H18N2S. The van der Waals surface area contributed by atoms with Crippen LogP contribution < -0.4 is 11.5 Å². The third-order valence-corrected chi connectivity index (χ3v) is 3.14. The molecule has 0 aliphatic heterocycles. The van der Waals surface area contributed by atoms with E-state index in [4.69, 9.17) is 11.5 Å². The highest BCUT2D eigenvalue weighted by Crippen LogP contribution is 2.22. The summed E-state index contributed by atoms with van der Waals surface area (Å²) in [5.74, 6) is 1.09. The van der Waals surface area contributed by atoms with Gasteiger partial charge in [-0.3, -0.25) is 0 Å². The Hall–Kier alpha value is -0.510. The van der Waals surface area contributed by atoms with E-state index in [0.717, 1.165) is 11.3 Å². The van der Waals surface area contributed by atoms with E-state index in [1.54, 1.807) is 0 Å². The molecule has 78 valence electrons. The second-order valence-electron chi connectivity index (χ2n) is 3.58. The van der Waals surface area contributed by atoms with Crippen LogP contribution >= 0.6 is 11.8 Å². The molecule has 0 aliphatic rings. The first kappa shape index (κ1) is 11.6. The van der Waals surface area contributed by atoms with E-state index in [0.29, 0.717) is 6.54 Å². The summed E-state index contributed by atoms with van der Waals surface area (Å²) in [7, 11) is 0. The molecule has 0 spiro atoms. The van der Waals surface area contributed by atoms with Gasteiger partial charge in [-0.2, -0.15) is 0 Å². The molecule has 4 N–H and O–H groups in total. The third-order valence-electron chi connectivity index (χ3n) is 2.25. The van der Waals surface area contributed by atoms with Gasteiger partial charge in [0, 0.05) is 11.4 Å². The summed E-state index contributed by atoms with van der Waals surface area (Å²) < 4.78 is 0. The molecule has 0 amide bonds. The lowest BCUT2D eigenvalue weighted by molar-refractivity contribution is 0.507. The van der Waals surface area contributed by atoms with Crippen LogP contribution in [0.3, 0.4) is 0 Å². The highest BCUT2D eigenvalue weighted by atomic mass is 32.2. The van der Waals surface area contributed by atoms with Crippen molar-refractivity contribution < 1.29 is 0 Å². The highest BCUT2D eigenvalue weighted by molar-refractivity contribution is 7.99. The van der Waals surface area contributed by atoms with Gasteiger partial charge < -0.3 is 11.5 Å². The molecule has 0 aliphatic carbocycles. The van der Waals surface area contributed by atoms with Crippen molar-refractivity contribution in [1.82, 2.24) is 0 Å². The van der Waals surface area contributed by atoms with Crippen molar-refractivity contribution in [3.8, 4) is 0 Å². The Labute approximate surface area is 90.1 Å². The average molecular weight is 210 g/mol. The van der Waals surface area contributed by atoms with Crippen molar-refractivity contribution in [2.24, 2.45) is 11.5 Å². The van der Waals surface area contributed by atoms with Gasteiger partial charge in [0.15, 0.2) is 0 Å². The molecular weight excluding hydrogens is 192 g/mol. The summed E-state index contributed by atoms with van der Waals surface area (Å²) in [4.78, 5) is 1.28. The van der Waals surface area contributed by atoms with Crippen molar-refractivity contribution in [2.45, 2.75) is 24.3 Å². The Morgan fingerprint density at radius 1 is 1.29 bits per heavy atom. The van der Waals surface area contributed by atoms with E-state index in [1.165, 1.54) is 4.90 Å². The topological polar surface area (TPSA) is 52.0 Å². The fourth-order valence-electron chi connectivity index (χ4n) is 1.22. The second-order valence-corrected chi connectivity index (χ2v) is 4.92. The molecule has 1 aromatic carbocycles. The first-order valence-electron chi connectivity index (χ1n) is 4.82. The SMILES string of the molecule is CCSc1ccc(C(C)(N)CN)cc1. The molecule has 1 atom stereocenters. The van der Waals surface area contributed by atoms with Crippen LogP contribution in [0.4, 0.5) is 0 Å². The van der Waals surface area contributed by atoms with Crippen LogP contribution in [0.5, 0.6) is 0 Å². The van der Waals surface area contributed by atoms with Crippen LogP contribution in [0.2, 0.25) is 0 Å². The Morgan fingerprint density at radius 3 is 2.29 bits per heavy atom. The number of thioether (sulfide) groups is 1. The molecule has 0 bridgehead atoms. The molecule has 1 unspecified atom stereocenters. The molecule has 0 saturated carbocycles. The van der Waals surface area contributed by atoms with Crippen LogP contribution in [0, 0.1) is 0 Å². The maximum atomic E-state index is 6.03. The summed E-state index contributed by atoms with van der Waals surface area (Å²) in [6.07, 6.45) is 0. The quantitative estimate of drug-likeness (QED) is 0.747. The summed E-state index contributed by atoms with van der Waals surface area (Å²) in [6, 6.07) is 8.32. The maximum absolute atomic E-state index is 6.03. The predicted molar refractivity (Wildman–Crippen MR) is 63.4 cm³/mol. The van der Waals surface area contributed by atoms with E-state index >= 15 is 0 Å². The van der Waals surface area contributed by atoms with Crippen molar-refractivity contribution in [3.05, 3.63) is 29.8 Å². The van der Waals surface area contributed by atoms with Gasteiger partial charge in [0.25, 0.3) is 0 Å². The number of nitrogens with two attached hydrogens (primary N) is 2. The van der Waals surface area contributed by atoms with Crippen molar-refractivity contribution >= 4 is 11.8 Å². The number of benzene rings is 1. The van der Waals surface area contributed by atoms with Crippen molar-refractivity contribution in [3.63, 3.8) is 0 Å². The van der Waals surface area contributed by atoms with Crippen molar-refractivity contribution in [2.75, 3.05) is 12.3 Å². The van der Waals surface area contributed by atoms with Gasteiger partial charge >= 0.3 is 0 Å². The summed E-state index contributed by atoms with van der Waals surface area (Å²) in [6.45, 7) is 4.56. The van der Waals surface area contributed by atoms with E-state index < -0.39 is 5.54 Å². The highest BCUT2D eigenvalue weighted by Gasteiger charge is 2.18.